The fourth-order valence-electron chi connectivity index (χ4n) is 2.64. The number of guanidine groups is 1. The summed E-state index contributed by atoms with van der Waals surface area (Å²) in [6.45, 7) is 11.3. The van der Waals surface area contributed by atoms with Gasteiger partial charge in [-0.25, -0.2) is 0 Å². The summed E-state index contributed by atoms with van der Waals surface area (Å²) < 4.78 is 0. The average molecular weight is 376 g/mol. The van der Waals surface area contributed by atoms with Crippen LogP contribution in [0.15, 0.2) is 35.3 Å². The van der Waals surface area contributed by atoms with E-state index in [0.717, 1.165) is 32.0 Å². The molecular weight excluding hydrogens is 338 g/mol. The maximum absolute atomic E-state index is 11.7. The van der Waals surface area contributed by atoms with Gasteiger partial charge in [0.25, 0.3) is 0 Å². The van der Waals surface area contributed by atoms with Crippen LogP contribution in [0.3, 0.4) is 0 Å². The molecular formula is C21H37N5O. The second kappa shape index (κ2) is 13.1. The van der Waals surface area contributed by atoms with Crippen molar-refractivity contribution in [1.29, 1.82) is 0 Å². The van der Waals surface area contributed by atoms with Crippen molar-refractivity contribution < 1.29 is 4.79 Å². The monoisotopic (exact) mass is 375 g/mol. The SMILES string of the molecule is CCNC(=NCCC(C)N(C)Cc1ccccc1)NCCC(=O)NC(C)C. The lowest BCUT2D eigenvalue weighted by Gasteiger charge is -2.24. The van der Waals surface area contributed by atoms with Crippen molar-refractivity contribution in [3.8, 4) is 0 Å². The smallest absolute Gasteiger partial charge is 0.221 e. The summed E-state index contributed by atoms with van der Waals surface area (Å²) in [7, 11) is 2.15. The van der Waals surface area contributed by atoms with Crippen molar-refractivity contribution in [1.82, 2.24) is 20.9 Å². The van der Waals surface area contributed by atoms with Crippen LogP contribution in [0.2, 0.25) is 0 Å². The van der Waals surface area contributed by atoms with E-state index >= 15 is 0 Å². The molecule has 0 bridgehead atoms. The van der Waals surface area contributed by atoms with Crippen LogP contribution < -0.4 is 16.0 Å². The Morgan fingerprint density at radius 3 is 2.48 bits per heavy atom. The number of aliphatic imine (C=N–C) groups is 1. The third-order valence-electron chi connectivity index (χ3n) is 4.28. The minimum Gasteiger partial charge on any atom is -0.357 e. The van der Waals surface area contributed by atoms with E-state index in [1.165, 1.54) is 5.56 Å². The molecule has 1 aromatic carbocycles. The van der Waals surface area contributed by atoms with Gasteiger partial charge in [0.1, 0.15) is 0 Å². The second-order valence-corrected chi connectivity index (χ2v) is 7.20. The van der Waals surface area contributed by atoms with Crippen molar-refractivity contribution in [3.05, 3.63) is 35.9 Å². The van der Waals surface area contributed by atoms with Crippen molar-refractivity contribution in [2.75, 3.05) is 26.7 Å². The average Bonchev–Trinajstić information content (AvgIpc) is 2.61. The van der Waals surface area contributed by atoms with Gasteiger partial charge in [-0.2, -0.15) is 0 Å². The summed E-state index contributed by atoms with van der Waals surface area (Å²) in [4.78, 5) is 18.7. The largest absolute Gasteiger partial charge is 0.357 e. The predicted molar refractivity (Wildman–Crippen MR) is 114 cm³/mol. The van der Waals surface area contributed by atoms with Gasteiger partial charge in [-0.3, -0.25) is 14.7 Å². The quantitative estimate of drug-likeness (QED) is 0.410. The molecule has 0 spiro atoms. The van der Waals surface area contributed by atoms with Crippen LogP contribution in [0.25, 0.3) is 0 Å². The molecule has 1 unspecified atom stereocenters. The second-order valence-electron chi connectivity index (χ2n) is 7.20. The Morgan fingerprint density at radius 1 is 1.15 bits per heavy atom. The fraction of sp³-hybridized carbons (Fsp3) is 0.619. The highest BCUT2D eigenvalue weighted by atomic mass is 16.1. The van der Waals surface area contributed by atoms with Crippen LogP contribution in [0.4, 0.5) is 0 Å². The zero-order valence-corrected chi connectivity index (χ0v) is 17.6. The van der Waals surface area contributed by atoms with Crippen molar-refractivity contribution in [2.24, 2.45) is 4.99 Å². The molecule has 0 aromatic heterocycles. The molecule has 3 N–H and O–H groups in total. The minimum atomic E-state index is 0.0597. The van der Waals surface area contributed by atoms with Gasteiger partial charge in [0, 0.05) is 44.7 Å². The summed E-state index contributed by atoms with van der Waals surface area (Å²) in [6, 6.07) is 11.1. The third-order valence-corrected chi connectivity index (χ3v) is 4.28. The number of hydrogen-bond donors (Lipinski definition) is 3. The lowest BCUT2D eigenvalue weighted by atomic mass is 10.1. The number of rotatable bonds is 11. The summed E-state index contributed by atoms with van der Waals surface area (Å²) in [6.07, 6.45) is 1.42. The Bertz CT molecular complexity index is 559. The lowest BCUT2D eigenvalue weighted by Crippen LogP contribution is -2.40. The molecule has 1 aromatic rings. The highest BCUT2D eigenvalue weighted by molar-refractivity contribution is 5.81. The number of carbonyl (C=O) groups is 1. The highest BCUT2D eigenvalue weighted by Crippen LogP contribution is 2.08. The summed E-state index contributed by atoms with van der Waals surface area (Å²) in [5, 5.41) is 9.36. The zero-order valence-electron chi connectivity index (χ0n) is 17.6. The van der Waals surface area contributed by atoms with E-state index in [1.54, 1.807) is 0 Å². The first-order valence-corrected chi connectivity index (χ1v) is 9.98. The fourth-order valence-corrected chi connectivity index (χ4v) is 2.64. The Hall–Kier alpha value is -2.08. The maximum atomic E-state index is 11.7. The molecule has 152 valence electrons. The Labute approximate surface area is 164 Å². The van der Waals surface area contributed by atoms with Gasteiger partial charge >= 0.3 is 0 Å². The van der Waals surface area contributed by atoms with E-state index in [0.29, 0.717) is 19.0 Å². The van der Waals surface area contributed by atoms with Crippen LogP contribution in [-0.4, -0.2) is 55.5 Å². The molecule has 1 atom stereocenters. The number of hydrogen-bond acceptors (Lipinski definition) is 3. The van der Waals surface area contributed by atoms with Gasteiger partial charge in [-0.05, 0) is 46.7 Å². The zero-order chi connectivity index (χ0) is 20.1. The third kappa shape index (κ3) is 10.6. The normalized spacial score (nSPS) is 12.9. The Morgan fingerprint density at radius 2 is 1.85 bits per heavy atom. The molecule has 6 heteroatoms. The molecule has 0 aliphatic heterocycles. The van der Waals surface area contributed by atoms with Crippen molar-refractivity contribution in [2.45, 2.75) is 59.2 Å². The van der Waals surface area contributed by atoms with Crippen LogP contribution in [0.1, 0.15) is 46.1 Å². The molecule has 1 rings (SSSR count). The maximum Gasteiger partial charge on any atom is 0.221 e. The molecule has 0 aliphatic rings. The molecule has 1 amide bonds. The minimum absolute atomic E-state index is 0.0597. The first kappa shape index (κ1) is 23.0. The molecule has 0 saturated carbocycles. The molecule has 0 aliphatic carbocycles. The van der Waals surface area contributed by atoms with Gasteiger partial charge in [-0.1, -0.05) is 30.3 Å². The van der Waals surface area contributed by atoms with E-state index in [9.17, 15) is 4.79 Å². The lowest BCUT2D eigenvalue weighted by molar-refractivity contribution is -0.121. The summed E-state index contributed by atoms with van der Waals surface area (Å²) in [5.74, 6) is 0.831. The number of nitrogens with zero attached hydrogens (tertiary/aromatic N) is 2. The molecule has 0 radical (unpaired) electrons. The van der Waals surface area contributed by atoms with E-state index < -0.39 is 0 Å². The van der Waals surface area contributed by atoms with Crippen LogP contribution in [0, 0.1) is 0 Å². The molecule has 6 nitrogen and oxygen atoms in total. The number of benzene rings is 1. The first-order valence-electron chi connectivity index (χ1n) is 9.98. The van der Waals surface area contributed by atoms with Gasteiger partial charge in [0.05, 0.1) is 0 Å². The molecule has 0 saturated heterocycles. The molecule has 27 heavy (non-hydrogen) atoms. The van der Waals surface area contributed by atoms with E-state index in [-0.39, 0.29) is 11.9 Å². The van der Waals surface area contributed by atoms with Gasteiger partial charge < -0.3 is 16.0 Å². The summed E-state index contributed by atoms with van der Waals surface area (Å²) >= 11 is 0. The molecule has 0 heterocycles. The Kier molecular flexibility index (Phi) is 11.2. The van der Waals surface area contributed by atoms with Gasteiger partial charge in [0.2, 0.25) is 5.91 Å². The standard InChI is InChI=1S/C21H37N5O/c1-6-22-21(24-15-13-20(27)25-17(2)3)23-14-12-18(4)26(5)16-19-10-8-7-9-11-19/h7-11,17-18H,6,12-16H2,1-5H3,(H,25,27)(H2,22,23,24). The molecule has 0 fully saturated rings. The number of amides is 1. The number of nitrogens with one attached hydrogen (secondary N) is 3. The first-order chi connectivity index (χ1) is 12.9. The summed E-state index contributed by atoms with van der Waals surface area (Å²) in [5.41, 5.74) is 1.32. The van der Waals surface area contributed by atoms with E-state index in [2.05, 4.69) is 64.1 Å². The Balaban J connectivity index is 2.37. The van der Waals surface area contributed by atoms with Crippen LogP contribution >= 0.6 is 0 Å². The van der Waals surface area contributed by atoms with Crippen molar-refractivity contribution in [3.63, 3.8) is 0 Å². The number of carbonyl (C=O) groups excluding carboxylic acids is 1. The van der Waals surface area contributed by atoms with E-state index in [4.69, 9.17) is 0 Å². The topological polar surface area (TPSA) is 68.8 Å². The van der Waals surface area contributed by atoms with Crippen LogP contribution in [-0.2, 0) is 11.3 Å². The predicted octanol–water partition coefficient (Wildman–Crippen LogP) is 2.37. The van der Waals surface area contributed by atoms with Crippen molar-refractivity contribution >= 4 is 11.9 Å². The van der Waals surface area contributed by atoms with Gasteiger partial charge in [0.15, 0.2) is 5.96 Å². The highest BCUT2D eigenvalue weighted by Gasteiger charge is 2.09. The van der Waals surface area contributed by atoms with E-state index in [1.807, 2.05) is 26.8 Å². The van der Waals surface area contributed by atoms with Crippen LogP contribution in [0.5, 0.6) is 0 Å². The van der Waals surface area contributed by atoms with Gasteiger partial charge in [-0.15, -0.1) is 0 Å².